The fraction of sp³-hybridized carbons (Fsp3) is 0.278. The predicted molar refractivity (Wildman–Crippen MR) is 94.1 cm³/mol. The Morgan fingerprint density at radius 3 is 2.83 bits per heavy atom. The Balaban J connectivity index is 1.70. The normalized spacial score (nSPS) is 13.4. The van der Waals surface area contributed by atoms with Crippen molar-refractivity contribution in [2.45, 2.75) is 23.5 Å². The number of hydrogen-bond donors (Lipinski definition) is 1. The number of carbonyl (C=O) groups excluding carboxylic acids is 1. The SMILES string of the molecule is CCC(Sc1ccccc1OC)C(=O)Nc1ccc2c(c1)OCO2. The molecule has 0 saturated carbocycles. The molecule has 0 fully saturated rings. The quantitative estimate of drug-likeness (QED) is 0.804. The summed E-state index contributed by atoms with van der Waals surface area (Å²) in [5, 5.41) is 2.73. The molecule has 126 valence electrons. The smallest absolute Gasteiger partial charge is 0.237 e. The van der Waals surface area contributed by atoms with Crippen LogP contribution in [0.5, 0.6) is 17.2 Å². The lowest BCUT2D eigenvalue weighted by Crippen LogP contribution is -2.24. The number of methoxy groups -OCH3 is 1. The molecule has 2 aromatic rings. The maximum atomic E-state index is 12.6. The molecule has 0 saturated heterocycles. The maximum absolute atomic E-state index is 12.6. The highest BCUT2D eigenvalue weighted by atomic mass is 32.2. The van der Waals surface area contributed by atoms with E-state index >= 15 is 0 Å². The van der Waals surface area contributed by atoms with Gasteiger partial charge in [-0.25, -0.2) is 0 Å². The van der Waals surface area contributed by atoms with Gasteiger partial charge in [-0.1, -0.05) is 19.1 Å². The fourth-order valence-corrected chi connectivity index (χ4v) is 3.45. The Morgan fingerprint density at radius 2 is 2.04 bits per heavy atom. The van der Waals surface area contributed by atoms with Crippen LogP contribution in [0.3, 0.4) is 0 Å². The lowest BCUT2D eigenvalue weighted by molar-refractivity contribution is -0.115. The average Bonchev–Trinajstić information content (AvgIpc) is 3.07. The largest absolute Gasteiger partial charge is 0.496 e. The molecule has 3 rings (SSSR count). The molecule has 0 radical (unpaired) electrons. The number of hydrogen-bond acceptors (Lipinski definition) is 5. The Labute approximate surface area is 145 Å². The van der Waals surface area contributed by atoms with Crippen LogP contribution in [0, 0.1) is 0 Å². The van der Waals surface area contributed by atoms with Crippen LogP contribution in [-0.4, -0.2) is 25.1 Å². The summed E-state index contributed by atoms with van der Waals surface area (Å²) < 4.78 is 16.0. The highest BCUT2D eigenvalue weighted by Gasteiger charge is 2.21. The zero-order valence-corrected chi connectivity index (χ0v) is 14.4. The van der Waals surface area contributed by atoms with E-state index in [0.717, 1.165) is 10.6 Å². The molecule has 1 unspecified atom stereocenters. The number of fused-ring (bicyclic) bond motifs is 1. The number of ether oxygens (including phenoxy) is 3. The highest BCUT2D eigenvalue weighted by molar-refractivity contribution is 8.00. The number of amides is 1. The summed E-state index contributed by atoms with van der Waals surface area (Å²) in [7, 11) is 1.63. The standard InChI is InChI=1S/C18H19NO4S/c1-3-16(24-17-7-5-4-6-14(17)21-2)18(20)19-12-8-9-13-15(10-12)23-11-22-13/h4-10,16H,3,11H2,1-2H3,(H,19,20). The lowest BCUT2D eigenvalue weighted by atomic mass is 10.2. The highest BCUT2D eigenvalue weighted by Crippen LogP contribution is 2.36. The van der Waals surface area contributed by atoms with E-state index in [1.165, 1.54) is 11.8 Å². The van der Waals surface area contributed by atoms with Crippen molar-refractivity contribution in [3.05, 3.63) is 42.5 Å². The molecule has 6 heteroatoms. The third-order valence-corrected chi connectivity index (χ3v) is 5.06. The first-order valence-corrected chi connectivity index (χ1v) is 8.59. The molecule has 0 aromatic heterocycles. The number of rotatable bonds is 6. The van der Waals surface area contributed by atoms with E-state index in [2.05, 4.69) is 5.32 Å². The van der Waals surface area contributed by atoms with Gasteiger partial charge in [0.15, 0.2) is 11.5 Å². The maximum Gasteiger partial charge on any atom is 0.237 e. The number of benzene rings is 2. The van der Waals surface area contributed by atoms with E-state index in [1.54, 1.807) is 19.2 Å². The van der Waals surface area contributed by atoms with Gasteiger partial charge >= 0.3 is 0 Å². The van der Waals surface area contributed by atoms with Gasteiger partial charge in [0.1, 0.15) is 5.75 Å². The number of thioether (sulfide) groups is 1. The monoisotopic (exact) mass is 345 g/mol. The molecule has 1 aliphatic heterocycles. The van der Waals surface area contributed by atoms with Crippen molar-refractivity contribution in [2.75, 3.05) is 19.2 Å². The molecule has 2 aromatic carbocycles. The Hall–Kier alpha value is -2.34. The minimum absolute atomic E-state index is 0.0488. The Morgan fingerprint density at radius 1 is 1.25 bits per heavy atom. The third-order valence-electron chi connectivity index (χ3n) is 3.64. The summed E-state index contributed by atoms with van der Waals surface area (Å²) in [4.78, 5) is 13.6. The van der Waals surface area contributed by atoms with Crippen molar-refractivity contribution in [3.63, 3.8) is 0 Å². The molecule has 5 nitrogen and oxygen atoms in total. The van der Waals surface area contributed by atoms with E-state index in [-0.39, 0.29) is 18.0 Å². The van der Waals surface area contributed by atoms with Gasteiger partial charge in [-0.2, -0.15) is 0 Å². The van der Waals surface area contributed by atoms with E-state index in [0.29, 0.717) is 23.6 Å². The molecule has 1 amide bonds. The predicted octanol–water partition coefficient (Wildman–Crippen LogP) is 3.93. The summed E-state index contributed by atoms with van der Waals surface area (Å²) in [5.74, 6) is 2.07. The van der Waals surface area contributed by atoms with E-state index in [9.17, 15) is 4.79 Å². The van der Waals surface area contributed by atoms with Gasteiger partial charge in [0.25, 0.3) is 0 Å². The van der Waals surface area contributed by atoms with Gasteiger partial charge in [0, 0.05) is 11.8 Å². The van der Waals surface area contributed by atoms with Gasteiger partial charge in [0.2, 0.25) is 12.7 Å². The summed E-state index contributed by atoms with van der Waals surface area (Å²) in [5.41, 5.74) is 0.698. The zero-order chi connectivity index (χ0) is 16.9. The fourth-order valence-electron chi connectivity index (χ4n) is 2.39. The van der Waals surface area contributed by atoms with Gasteiger partial charge in [-0.05, 0) is 30.7 Å². The molecule has 1 atom stereocenters. The van der Waals surface area contributed by atoms with Crippen LogP contribution in [0.15, 0.2) is 47.4 Å². The lowest BCUT2D eigenvalue weighted by Gasteiger charge is -2.16. The zero-order valence-electron chi connectivity index (χ0n) is 13.6. The summed E-state index contributed by atoms with van der Waals surface area (Å²) in [6.07, 6.45) is 0.707. The number of nitrogens with one attached hydrogen (secondary N) is 1. The number of anilines is 1. The van der Waals surface area contributed by atoms with E-state index in [1.807, 2.05) is 37.3 Å². The molecular weight excluding hydrogens is 326 g/mol. The second-order valence-electron chi connectivity index (χ2n) is 5.22. The van der Waals surface area contributed by atoms with Crippen LogP contribution in [-0.2, 0) is 4.79 Å². The van der Waals surface area contributed by atoms with Gasteiger partial charge in [0.05, 0.1) is 17.3 Å². The first-order chi connectivity index (χ1) is 11.7. The number of carbonyl (C=O) groups is 1. The molecular formula is C18H19NO4S. The van der Waals surface area contributed by atoms with Crippen LogP contribution in [0.2, 0.25) is 0 Å². The first-order valence-electron chi connectivity index (χ1n) is 7.71. The second-order valence-corrected chi connectivity index (χ2v) is 6.47. The van der Waals surface area contributed by atoms with Crippen LogP contribution in [0.25, 0.3) is 0 Å². The summed E-state index contributed by atoms with van der Waals surface area (Å²) in [6.45, 7) is 2.21. The summed E-state index contributed by atoms with van der Waals surface area (Å²) >= 11 is 1.50. The first kappa shape index (κ1) is 16.5. The summed E-state index contributed by atoms with van der Waals surface area (Å²) in [6, 6.07) is 13.1. The van der Waals surface area contributed by atoms with Crippen molar-refractivity contribution >= 4 is 23.4 Å². The Kier molecular flexibility index (Phi) is 5.15. The Bertz CT molecular complexity index is 735. The van der Waals surface area contributed by atoms with Gasteiger partial charge in [-0.3, -0.25) is 4.79 Å². The third kappa shape index (κ3) is 3.59. The molecule has 0 bridgehead atoms. The molecule has 1 aliphatic rings. The van der Waals surface area contributed by atoms with Crippen molar-refractivity contribution in [3.8, 4) is 17.2 Å². The van der Waals surface area contributed by atoms with E-state index in [4.69, 9.17) is 14.2 Å². The van der Waals surface area contributed by atoms with Crippen LogP contribution in [0.4, 0.5) is 5.69 Å². The van der Waals surface area contributed by atoms with Crippen molar-refractivity contribution in [1.82, 2.24) is 0 Å². The topological polar surface area (TPSA) is 56.8 Å². The van der Waals surface area contributed by atoms with Crippen LogP contribution < -0.4 is 19.5 Å². The molecule has 0 aliphatic carbocycles. The minimum atomic E-state index is -0.216. The molecule has 1 N–H and O–H groups in total. The van der Waals surface area contributed by atoms with Crippen LogP contribution in [0.1, 0.15) is 13.3 Å². The van der Waals surface area contributed by atoms with E-state index < -0.39 is 0 Å². The average molecular weight is 345 g/mol. The van der Waals surface area contributed by atoms with Gasteiger partial charge in [-0.15, -0.1) is 11.8 Å². The second kappa shape index (κ2) is 7.49. The molecule has 0 spiro atoms. The van der Waals surface area contributed by atoms with Crippen molar-refractivity contribution in [2.24, 2.45) is 0 Å². The van der Waals surface area contributed by atoms with Gasteiger partial charge < -0.3 is 19.5 Å². The number of para-hydroxylation sites is 1. The minimum Gasteiger partial charge on any atom is -0.496 e. The molecule has 24 heavy (non-hydrogen) atoms. The molecule has 1 heterocycles. The van der Waals surface area contributed by atoms with Crippen molar-refractivity contribution in [1.29, 1.82) is 0 Å². The van der Waals surface area contributed by atoms with Crippen LogP contribution >= 0.6 is 11.8 Å². The van der Waals surface area contributed by atoms with Crippen molar-refractivity contribution < 1.29 is 19.0 Å².